The fourth-order valence-electron chi connectivity index (χ4n) is 3.12. The Kier molecular flexibility index (Phi) is 5.49. The van der Waals surface area contributed by atoms with Crippen LogP contribution in [0.4, 0.5) is 4.79 Å². The lowest BCUT2D eigenvalue weighted by molar-refractivity contribution is -0.129. The van der Waals surface area contributed by atoms with Gasteiger partial charge in [-0.2, -0.15) is 0 Å². The molecule has 0 saturated heterocycles. The van der Waals surface area contributed by atoms with E-state index in [2.05, 4.69) is 19.6 Å². The number of nitrogens with zero attached hydrogens (tertiary/aromatic N) is 1. The van der Waals surface area contributed by atoms with Crippen LogP contribution in [0.5, 0.6) is 0 Å². The van der Waals surface area contributed by atoms with Crippen molar-refractivity contribution >= 4 is 20.3 Å². The number of ether oxygens (including phenoxy) is 1. The number of imide groups is 1. The van der Waals surface area contributed by atoms with E-state index >= 15 is 0 Å². The number of amides is 2. The molecule has 0 N–H and O–H groups in total. The summed E-state index contributed by atoms with van der Waals surface area (Å²) in [5.41, 5.74) is -0.626. The van der Waals surface area contributed by atoms with Crippen LogP contribution in [0.25, 0.3) is 0 Å². The van der Waals surface area contributed by atoms with Crippen molar-refractivity contribution in [3.8, 4) is 0 Å². The van der Waals surface area contributed by atoms with Crippen LogP contribution in [0.15, 0.2) is 42.5 Å². The van der Waals surface area contributed by atoms with Gasteiger partial charge in [-0.25, -0.2) is 9.69 Å². The summed E-state index contributed by atoms with van der Waals surface area (Å²) >= 11 is 0. The SMILES string of the molecule is CC(C)(C)OC(=O)N1C(=O)C=C[C@H]1[C@@](C)(O[Si](C)(C)C)c1ccccc1. The minimum absolute atomic E-state index is 0.384. The maximum Gasteiger partial charge on any atom is 0.417 e. The number of carbonyl (C=O) groups excluding carboxylic acids is 2. The first-order valence-electron chi connectivity index (χ1n) is 8.83. The van der Waals surface area contributed by atoms with E-state index in [1.165, 1.54) is 11.0 Å². The standard InChI is InChI=1S/C20H29NO4Si/c1-19(2,3)24-18(23)21-16(13-14-17(21)22)20(4,25-26(5,6)7)15-11-9-8-10-12-15/h8-14,16H,1-7H3/t16-,20-/m0/s1. The topological polar surface area (TPSA) is 55.8 Å². The van der Waals surface area contributed by atoms with Gasteiger partial charge in [0.1, 0.15) is 11.2 Å². The van der Waals surface area contributed by atoms with Gasteiger partial charge in [0.2, 0.25) is 0 Å². The monoisotopic (exact) mass is 375 g/mol. The average molecular weight is 376 g/mol. The minimum Gasteiger partial charge on any atom is -0.443 e. The van der Waals surface area contributed by atoms with E-state index in [1.54, 1.807) is 26.8 Å². The van der Waals surface area contributed by atoms with Gasteiger partial charge in [0, 0.05) is 6.08 Å². The van der Waals surface area contributed by atoms with Crippen molar-refractivity contribution in [1.82, 2.24) is 4.90 Å². The second kappa shape index (κ2) is 7.00. The molecule has 1 aromatic rings. The molecule has 0 saturated carbocycles. The Morgan fingerprint density at radius 3 is 2.15 bits per heavy atom. The molecule has 0 aromatic heterocycles. The van der Waals surface area contributed by atoms with E-state index in [9.17, 15) is 9.59 Å². The van der Waals surface area contributed by atoms with Crippen LogP contribution in [0.3, 0.4) is 0 Å². The molecule has 0 unspecified atom stereocenters. The van der Waals surface area contributed by atoms with Gasteiger partial charge in [-0.15, -0.1) is 0 Å². The van der Waals surface area contributed by atoms with Crippen molar-refractivity contribution < 1.29 is 18.8 Å². The van der Waals surface area contributed by atoms with Gasteiger partial charge in [-0.3, -0.25) is 4.79 Å². The lowest BCUT2D eigenvalue weighted by Crippen LogP contribution is -2.55. The minimum atomic E-state index is -2.00. The molecule has 0 aliphatic carbocycles. The van der Waals surface area contributed by atoms with Gasteiger partial charge >= 0.3 is 6.09 Å². The fourth-order valence-corrected chi connectivity index (χ4v) is 4.63. The summed E-state index contributed by atoms with van der Waals surface area (Å²) < 4.78 is 12.0. The number of carbonyl (C=O) groups is 2. The van der Waals surface area contributed by atoms with E-state index < -0.39 is 31.7 Å². The first-order valence-corrected chi connectivity index (χ1v) is 12.2. The Morgan fingerprint density at radius 2 is 1.65 bits per heavy atom. The van der Waals surface area contributed by atoms with E-state index in [0.717, 1.165) is 5.56 Å². The van der Waals surface area contributed by atoms with Crippen molar-refractivity contribution in [2.75, 3.05) is 0 Å². The van der Waals surface area contributed by atoms with Crippen molar-refractivity contribution in [3.63, 3.8) is 0 Å². The van der Waals surface area contributed by atoms with Gasteiger partial charge in [0.25, 0.3) is 5.91 Å². The molecule has 2 atom stereocenters. The molecule has 0 spiro atoms. The Hall–Kier alpha value is -1.92. The van der Waals surface area contributed by atoms with Crippen LogP contribution in [0.2, 0.25) is 19.6 Å². The molecule has 2 rings (SSSR count). The highest BCUT2D eigenvalue weighted by Crippen LogP contribution is 2.38. The molecule has 1 aliphatic rings. The highest BCUT2D eigenvalue weighted by atomic mass is 28.4. The van der Waals surface area contributed by atoms with Crippen LogP contribution in [0.1, 0.15) is 33.3 Å². The highest BCUT2D eigenvalue weighted by molar-refractivity contribution is 6.69. The van der Waals surface area contributed by atoms with Crippen LogP contribution in [-0.4, -0.2) is 36.9 Å². The van der Waals surface area contributed by atoms with Crippen LogP contribution >= 0.6 is 0 Å². The molecular formula is C20H29NO4Si. The summed E-state index contributed by atoms with van der Waals surface area (Å²) in [7, 11) is -2.00. The van der Waals surface area contributed by atoms with Crippen molar-refractivity contribution in [2.24, 2.45) is 0 Å². The molecule has 26 heavy (non-hydrogen) atoms. The molecule has 6 heteroatoms. The fraction of sp³-hybridized carbons (Fsp3) is 0.500. The van der Waals surface area contributed by atoms with Gasteiger partial charge in [-0.05, 0) is 52.9 Å². The van der Waals surface area contributed by atoms with Gasteiger partial charge in [0.05, 0.1) is 6.04 Å². The van der Waals surface area contributed by atoms with Crippen molar-refractivity contribution in [2.45, 2.75) is 64.6 Å². The lowest BCUT2D eigenvalue weighted by atomic mass is 9.88. The molecule has 1 aliphatic heterocycles. The van der Waals surface area contributed by atoms with Crippen LogP contribution in [0, 0.1) is 0 Å². The highest BCUT2D eigenvalue weighted by Gasteiger charge is 2.48. The lowest BCUT2D eigenvalue weighted by Gasteiger charge is -2.43. The van der Waals surface area contributed by atoms with E-state index in [0.29, 0.717) is 0 Å². The number of hydrogen-bond acceptors (Lipinski definition) is 4. The predicted octanol–water partition coefficient (Wildman–Crippen LogP) is 4.46. The maximum atomic E-state index is 12.7. The van der Waals surface area contributed by atoms with Gasteiger partial charge < -0.3 is 9.16 Å². The van der Waals surface area contributed by atoms with E-state index in [4.69, 9.17) is 9.16 Å². The third kappa shape index (κ3) is 4.62. The second-order valence-corrected chi connectivity index (χ2v) is 13.1. The summed E-state index contributed by atoms with van der Waals surface area (Å²) in [5.74, 6) is -0.384. The van der Waals surface area contributed by atoms with Crippen LogP contribution in [-0.2, 0) is 19.6 Å². The Bertz CT molecular complexity index is 703. The second-order valence-electron chi connectivity index (χ2n) is 8.68. The van der Waals surface area contributed by atoms with E-state index in [1.807, 2.05) is 37.3 Å². The van der Waals surface area contributed by atoms with Gasteiger partial charge in [0.15, 0.2) is 8.32 Å². The zero-order chi connectivity index (χ0) is 19.8. The van der Waals surface area contributed by atoms with Gasteiger partial charge in [-0.1, -0.05) is 36.4 Å². The van der Waals surface area contributed by atoms with Crippen molar-refractivity contribution in [1.29, 1.82) is 0 Å². The maximum absolute atomic E-state index is 12.7. The Labute approximate surface area is 157 Å². The number of hydrogen-bond donors (Lipinski definition) is 0. The quantitative estimate of drug-likeness (QED) is 0.729. The zero-order valence-electron chi connectivity index (χ0n) is 16.7. The summed E-state index contributed by atoms with van der Waals surface area (Å²) in [5, 5.41) is 0. The molecule has 0 fully saturated rings. The summed E-state index contributed by atoms with van der Waals surface area (Å²) in [6.45, 7) is 13.5. The third-order valence-electron chi connectivity index (χ3n) is 3.96. The largest absolute Gasteiger partial charge is 0.443 e. The summed E-state index contributed by atoms with van der Waals surface area (Å²) in [6, 6.07) is 9.14. The molecular weight excluding hydrogens is 346 g/mol. The number of rotatable bonds is 4. The smallest absolute Gasteiger partial charge is 0.417 e. The normalized spacial score (nSPS) is 20.2. The Balaban J connectivity index is 2.47. The van der Waals surface area contributed by atoms with Crippen molar-refractivity contribution in [3.05, 3.63) is 48.0 Å². The molecule has 1 aromatic carbocycles. The zero-order valence-corrected chi connectivity index (χ0v) is 17.7. The van der Waals surface area contributed by atoms with E-state index in [-0.39, 0.29) is 5.91 Å². The predicted molar refractivity (Wildman–Crippen MR) is 104 cm³/mol. The molecule has 0 bridgehead atoms. The summed E-state index contributed by atoms with van der Waals surface area (Å²) in [4.78, 5) is 26.3. The first-order chi connectivity index (χ1) is 11.8. The molecule has 1 heterocycles. The molecule has 0 radical (unpaired) electrons. The number of benzene rings is 1. The average Bonchev–Trinajstić information content (AvgIpc) is 2.87. The third-order valence-corrected chi connectivity index (χ3v) is 4.99. The molecule has 2 amide bonds. The first kappa shape index (κ1) is 20.4. The van der Waals surface area contributed by atoms with Crippen LogP contribution < -0.4 is 0 Å². The molecule has 5 nitrogen and oxygen atoms in total. The Morgan fingerprint density at radius 1 is 1.08 bits per heavy atom. The summed E-state index contributed by atoms with van der Waals surface area (Å²) in [6.07, 6.45) is 2.50. The molecule has 142 valence electrons.